The van der Waals surface area contributed by atoms with Crippen LogP contribution in [0.1, 0.15) is 15.9 Å². The van der Waals surface area contributed by atoms with Gasteiger partial charge in [-0.15, -0.1) is 0 Å². The predicted octanol–water partition coefficient (Wildman–Crippen LogP) is 2.77. The first kappa shape index (κ1) is 13.2. The second kappa shape index (κ2) is 5.66. The molecule has 0 atom stereocenters. The van der Waals surface area contributed by atoms with Gasteiger partial charge < -0.3 is 14.5 Å². The van der Waals surface area contributed by atoms with Crippen molar-refractivity contribution in [2.24, 2.45) is 0 Å². The highest BCUT2D eigenvalue weighted by Crippen LogP contribution is 2.28. The standard InChI is InChI=1S/C16H14N2O3/c1-20-14-7-12(8-15-13(14)4-6-21-15)16(19)18-10-11-3-2-5-17-9-11/h2-9H,10H2,1H3,(H,18,19). The van der Waals surface area contributed by atoms with E-state index in [0.717, 1.165) is 10.9 Å². The molecule has 0 radical (unpaired) electrons. The van der Waals surface area contributed by atoms with E-state index in [1.165, 1.54) is 0 Å². The van der Waals surface area contributed by atoms with Crippen molar-refractivity contribution in [2.75, 3.05) is 7.11 Å². The normalized spacial score (nSPS) is 10.5. The van der Waals surface area contributed by atoms with Crippen LogP contribution >= 0.6 is 0 Å². The van der Waals surface area contributed by atoms with Gasteiger partial charge in [0.25, 0.3) is 5.91 Å². The van der Waals surface area contributed by atoms with E-state index < -0.39 is 0 Å². The monoisotopic (exact) mass is 282 g/mol. The molecule has 21 heavy (non-hydrogen) atoms. The molecule has 0 saturated heterocycles. The Morgan fingerprint density at radius 1 is 1.38 bits per heavy atom. The molecule has 3 aromatic rings. The zero-order valence-corrected chi connectivity index (χ0v) is 11.5. The molecule has 0 saturated carbocycles. The molecule has 1 N–H and O–H groups in total. The van der Waals surface area contributed by atoms with Crippen molar-refractivity contribution in [1.82, 2.24) is 10.3 Å². The third-order valence-electron chi connectivity index (χ3n) is 3.19. The number of nitrogens with one attached hydrogen (secondary N) is 1. The molecule has 0 unspecified atom stereocenters. The number of hydrogen-bond donors (Lipinski definition) is 1. The second-order valence-corrected chi connectivity index (χ2v) is 4.55. The summed E-state index contributed by atoms with van der Waals surface area (Å²) in [5, 5.41) is 3.70. The number of benzene rings is 1. The zero-order valence-electron chi connectivity index (χ0n) is 11.5. The minimum absolute atomic E-state index is 0.185. The molecule has 5 nitrogen and oxygen atoms in total. The van der Waals surface area contributed by atoms with E-state index in [-0.39, 0.29) is 5.91 Å². The smallest absolute Gasteiger partial charge is 0.251 e. The lowest BCUT2D eigenvalue weighted by Gasteiger charge is -2.07. The van der Waals surface area contributed by atoms with E-state index in [9.17, 15) is 4.79 Å². The number of ether oxygens (including phenoxy) is 1. The molecule has 2 heterocycles. The van der Waals surface area contributed by atoms with Gasteiger partial charge in [0.05, 0.1) is 18.8 Å². The number of carbonyl (C=O) groups is 1. The fourth-order valence-electron chi connectivity index (χ4n) is 2.13. The Hall–Kier alpha value is -2.82. The van der Waals surface area contributed by atoms with Gasteiger partial charge in [-0.1, -0.05) is 6.07 Å². The van der Waals surface area contributed by atoms with Gasteiger partial charge in [-0.3, -0.25) is 9.78 Å². The maximum Gasteiger partial charge on any atom is 0.251 e. The van der Waals surface area contributed by atoms with Gasteiger partial charge in [0.2, 0.25) is 0 Å². The summed E-state index contributed by atoms with van der Waals surface area (Å²) in [5.41, 5.74) is 2.07. The topological polar surface area (TPSA) is 64.4 Å². The molecule has 0 aliphatic heterocycles. The molecular formula is C16H14N2O3. The number of fused-ring (bicyclic) bond motifs is 1. The van der Waals surface area contributed by atoms with Crippen LogP contribution in [0.5, 0.6) is 5.75 Å². The van der Waals surface area contributed by atoms with Gasteiger partial charge in [0, 0.05) is 24.5 Å². The lowest BCUT2D eigenvalue weighted by Crippen LogP contribution is -2.22. The molecule has 0 spiro atoms. The number of furan rings is 1. The van der Waals surface area contributed by atoms with Crippen molar-refractivity contribution in [1.29, 1.82) is 0 Å². The van der Waals surface area contributed by atoms with Crippen LogP contribution in [0, 0.1) is 0 Å². The SMILES string of the molecule is COc1cc(C(=O)NCc2cccnc2)cc2occc12. The van der Waals surface area contributed by atoms with E-state index in [1.54, 1.807) is 37.9 Å². The van der Waals surface area contributed by atoms with E-state index in [1.807, 2.05) is 18.2 Å². The lowest BCUT2D eigenvalue weighted by molar-refractivity contribution is 0.0950. The van der Waals surface area contributed by atoms with Crippen molar-refractivity contribution >= 4 is 16.9 Å². The fourth-order valence-corrected chi connectivity index (χ4v) is 2.13. The largest absolute Gasteiger partial charge is 0.496 e. The first-order valence-electron chi connectivity index (χ1n) is 6.50. The summed E-state index contributed by atoms with van der Waals surface area (Å²) in [6.07, 6.45) is 4.99. The van der Waals surface area contributed by atoms with E-state index in [2.05, 4.69) is 10.3 Å². The molecule has 0 aliphatic rings. The molecule has 3 rings (SSSR count). The Labute approximate surface area is 121 Å². The Bertz CT molecular complexity index is 766. The minimum Gasteiger partial charge on any atom is -0.496 e. The summed E-state index contributed by atoms with van der Waals surface area (Å²) in [6.45, 7) is 0.422. The number of hydrogen-bond acceptors (Lipinski definition) is 4. The number of pyridine rings is 1. The van der Waals surface area contributed by atoms with Crippen molar-refractivity contribution in [3.8, 4) is 5.75 Å². The highest BCUT2D eigenvalue weighted by atomic mass is 16.5. The quantitative estimate of drug-likeness (QED) is 0.799. The van der Waals surface area contributed by atoms with Gasteiger partial charge in [0.15, 0.2) is 0 Å². The first-order valence-corrected chi connectivity index (χ1v) is 6.50. The van der Waals surface area contributed by atoms with Crippen LogP contribution in [0.15, 0.2) is 53.4 Å². The molecule has 0 fully saturated rings. The van der Waals surface area contributed by atoms with E-state index >= 15 is 0 Å². The summed E-state index contributed by atoms with van der Waals surface area (Å²) in [6, 6.07) is 8.96. The molecule has 106 valence electrons. The number of carbonyl (C=O) groups excluding carboxylic acids is 1. The predicted molar refractivity (Wildman–Crippen MR) is 78.2 cm³/mol. The summed E-state index contributed by atoms with van der Waals surface area (Å²) in [7, 11) is 1.57. The highest BCUT2D eigenvalue weighted by Gasteiger charge is 2.12. The maximum atomic E-state index is 12.2. The van der Waals surface area contributed by atoms with Crippen molar-refractivity contribution in [2.45, 2.75) is 6.54 Å². The highest BCUT2D eigenvalue weighted by molar-refractivity contribution is 5.99. The van der Waals surface area contributed by atoms with Gasteiger partial charge >= 0.3 is 0 Å². The Balaban J connectivity index is 1.81. The number of aromatic nitrogens is 1. The Kier molecular flexibility index (Phi) is 3.55. The van der Waals surface area contributed by atoms with Gasteiger partial charge in [-0.25, -0.2) is 0 Å². The van der Waals surface area contributed by atoms with Crippen molar-refractivity contribution < 1.29 is 13.9 Å². The summed E-state index contributed by atoms with van der Waals surface area (Å²) >= 11 is 0. The molecular weight excluding hydrogens is 268 g/mol. The second-order valence-electron chi connectivity index (χ2n) is 4.55. The van der Waals surface area contributed by atoms with Crippen LogP contribution in [0.3, 0.4) is 0 Å². The van der Waals surface area contributed by atoms with Crippen molar-refractivity contribution in [3.63, 3.8) is 0 Å². The van der Waals surface area contributed by atoms with Crippen LogP contribution in [-0.4, -0.2) is 18.0 Å². The van der Waals surface area contributed by atoms with Crippen LogP contribution in [0.25, 0.3) is 11.0 Å². The third kappa shape index (κ3) is 2.72. The van der Waals surface area contributed by atoms with E-state index in [0.29, 0.717) is 23.4 Å². The van der Waals surface area contributed by atoms with Crippen LogP contribution in [0.4, 0.5) is 0 Å². The molecule has 0 aliphatic carbocycles. The van der Waals surface area contributed by atoms with Crippen LogP contribution < -0.4 is 10.1 Å². The minimum atomic E-state index is -0.185. The maximum absolute atomic E-state index is 12.2. The van der Waals surface area contributed by atoms with E-state index in [4.69, 9.17) is 9.15 Å². The van der Waals surface area contributed by atoms with Gasteiger partial charge in [-0.2, -0.15) is 0 Å². The van der Waals surface area contributed by atoms with Gasteiger partial charge in [0.1, 0.15) is 11.3 Å². The fraction of sp³-hybridized carbons (Fsp3) is 0.125. The van der Waals surface area contributed by atoms with Crippen LogP contribution in [0.2, 0.25) is 0 Å². The lowest BCUT2D eigenvalue weighted by atomic mass is 10.1. The summed E-state index contributed by atoms with van der Waals surface area (Å²) in [5.74, 6) is 0.434. The molecule has 0 bridgehead atoms. The molecule has 1 aromatic carbocycles. The number of rotatable bonds is 4. The number of amides is 1. The molecule has 2 aromatic heterocycles. The molecule has 5 heteroatoms. The van der Waals surface area contributed by atoms with Crippen LogP contribution in [-0.2, 0) is 6.54 Å². The summed E-state index contributed by atoms with van der Waals surface area (Å²) in [4.78, 5) is 16.2. The van der Waals surface area contributed by atoms with Crippen molar-refractivity contribution in [3.05, 3.63) is 60.1 Å². The Morgan fingerprint density at radius 2 is 2.29 bits per heavy atom. The average molecular weight is 282 g/mol. The summed E-state index contributed by atoms with van der Waals surface area (Å²) < 4.78 is 10.6. The first-order chi connectivity index (χ1) is 10.3. The third-order valence-corrected chi connectivity index (χ3v) is 3.19. The van der Waals surface area contributed by atoms with Gasteiger partial charge in [-0.05, 0) is 29.8 Å². The number of nitrogens with zero attached hydrogens (tertiary/aromatic N) is 1. The number of methoxy groups -OCH3 is 1. The average Bonchev–Trinajstić information content (AvgIpc) is 3.01. The Morgan fingerprint density at radius 3 is 3.05 bits per heavy atom. The molecule has 1 amide bonds. The zero-order chi connectivity index (χ0) is 14.7.